The molecule has 4 rings (SSSR count). The number of rotatable bonds is 12. The molecule has 0 heterocycles. The lowest BCUT2D eigenvalue weighted by Crippen LogP contribution is -2.54. The first-order chi connectivity index (χ1) is 23.6. The van der Waals surface area contributed by atoms with Gasteiger partial charge >= 0.3 is 12.4 Å². The molecule has 0 bridgehead atoms. The number of ether oxygens (including phenoxy) is 1. The van der Waals surface area contributed by atoms with Crippen molar-refractivity contribution in [1.82, 2.24) is 0 Å². The normalized spacial score (nSPS) is 13.1. The van der Waals surface area contributed by atoms with Crippen molar-refractivity contribution < 1.29 is 31.1 Å². The first kappa shape index (κ1) is 37.6. The van der Waals surface area contributed by atoms with Crippen LogP contribution in [0.25, 0.3) is 16.8 Å². The van der Waals surface area contributed by atoms with Gasteiger partial charge in [-0.05, 0) is 104 Å². The van der Waals surface area contributed by atoms with Crippen LogP contribution in [0, 0.1) is 13.8 Å². The predicted octanol–water partition coefficient (Wildman–Crippen LogP) is 13.2. The molecular formula is C42H39F6NO. The van der Waals surface area contributed by atoms with E-state index in [4.69, 9.17) is 4.74 Å². The van der Waals surface area contributed by atoms with Gasteiger partial charge in [0.1, 0.15) is 11.5 Å². The van der Waals surface area contributed by atoms with Crippen LogP contribution in [0.3, 0.4) is 0 Å². The summed E-state index contributed by atoms with van der Waals surface area (Å²) in [5.41, 5.74) is -0.814. The highest BCUT2D eigenvalue weighted by Gasteiger charge is 2.71. The zero-order valence-electron chi connectivity index (χ0n) is 28.4. The highest BCUT2D eigenvalue weighted by Crippen LogP contribution is 2.56. The summed E-state index contributed by atoms with van der Waals surface area (Å²) in [5, 5.41) is 2.07. The minimum Gasteiger partial charge on any atom is -0.457 e. The minimum absolute atomic E-state index is 0.0560. The molecule has 0 aliphatic rings. The number of aryl methyl sites for hydroxylation is 1. The van der Waals surface area contributed by atoms with Crippen LogP contribution < -0.4 is 9.64 Å². The molecule has 0 spiro atoms. The maximum Gasteiger partial charge on any atom is 0.407 e. The third-order valence-corrected chi connectivity index (χ3v) is 8.48. The quantitative estimate of drug-likeness (QED) is 0.0636. The van der Waals surface area contributed by atoms with Gasteiger partial charge in [-0.3, -0.25) is 0 Å². The van der Waals surface area contributed by atoms with Gasteiger partial charge < -0.3 is 9.64 Å². The second kappa shape index (κ2) is 15.1. The van der Waals surface area contributed by atoms with Crippen LogP contribution in [0.5, 0.6) is 5.75 Å². The first-order valence-electron chi connectivity index (χ1n) is 15.8. The van der Waals surface area contributed by atoms with E-state index in [9.17, 15) is 26.3 Å². The molecule has 0 atom stereocenters. The lowest BCUT2D eigenvalue weighted by Gasteiger charge is -2.39. The Hall–Kier alpha value is -5.24. The van der Waals surface area contributed by atoms with Crippen molar-refractivity contribution in [2.45, 2.75) is 51.9 Å². The van der Waals surface area contributed by atoms with Crippen molar-refractivity contribution in [2.75, 3.05) is 4.90 Å². The van der Waals surface area contributed by atoms with Gasteiger partial charge in [-0.25, -0.2) is 0 Å². The SMILES string of the molecule is C=C/C=C\c1cccc(N(/C(C)=C/C=C(\C=C)Oc2ccc(C(CC(=C)C)(C(F)(F)F)C(F)(F)F)c(C)c2)c2cccc3ccccc23)c1C. The van der Waals surface area contributed by atoms with Gasteiger partial charge in [0.25, 0.3) is 0 Å². The van der Waals surface area contributed by atoms with Gasteiger partial charge in [0, 0.05) is 16.8 Å². The number of halogens is 6. The minimum atomic E-state index is -5.62. The second-order valence-corrected chi connectivity index (χ2v) is 12.1. The summed E-state index contributed by atoms with van der Waals surface area (Å²) >= 11 is 0. The number of hydrogen-bond donors (Lipinski definition) is 0. The van der Waals surface area contributed by atoms with E-state index in [1.165, 1.54) is 19.1 Å². The molecule has 50 heavy (non-hydrogen) atoms. The van der Waals surface area contributed by atoms with E-state index in [2.05, 4.69) is 24.6 Å². The largest absolute Gasteiger partial charge is 0.457 e. The Labute approximate surface area is 289 Å². The molecule has 0 aromatic heterocycles. The fourth-order valence-electron chi connectivity index (χ4n) is 6.10. The van der Waals surface area contributed by atoms with Crippen LogP contribution in [-0.2, 0) is 5.41 Å². The molecule has 0 unspecified atom stereocenters. The third kappa shape index (κ3) is 7.65. The molecule has 0 N–H and O–H groups in total. The summed E-state index contributed by atoms with van der Waals surface area (Å²) in [7, 11) is 0. The Morgan fingerprint density at radius 1 is 0.800 bits per heavy atom. The van der Waals surface area contributed by atoms with E-state index in [0.29, 0.717) is 0 Å². The number of allylic oxidation sites excluding steroid dienone is 7. The van der Waals surface area contributed by atoms with E-state index < -0.39 is 29.8 Å². The molecule has 260 valence electrons. The first-order valence-corrected chi connectivity index (χ1v) is 15.8. The Morgan fingerprint density at radius 3 is 2.06 bits per heavy atom. The molecule has 0 amide bonds. The molecule has 0 aliphatic heterocycles. The van der Waals surface area contributed by atoms with Crippen LogP contribution in [-0.4, -0.2) is 12.4 Å². The Kier molecular flexibility index (Phi) is 11.4. The lowest BCUT2D eigenvalue weighted by molar-refractivity contribution is -0.303. The highest BCUT2D eigenvalue weighted by atomic mass is 19.4. The van der Waals surface area contributed by atoms with Gasteiger partial charge in [0.2, 0.25) is 0 Å². The van der Waals surface area contributed by atoms with Crippen molar-refractivity contribution in [3.63, 3.8) is 0 Å². The molecule has 0 fully saturated rings. The summed E-state index contributed by atoms with van der Waals surface area (Å²) < 4.78 is 91.8. The number of nitrogens with zero attached hydrogens (tertiary/aromatic N) is 1. The maximum absolute atomic E-state index is 14.3. The Balaban J connectivity index is 1.79. The Bertz CT molecular complexity index is 1970. The van der Waals surface area contributed by atoms with E-state index in [-0.39, 0.29) is 22.6 Å². The summed E-state index contributed by atoms with van der Waals surface area (Å²) in [4.78, 5) is 2.12. The molecule has 0 aliphatic carbocycles. The molecule has 2 nitrogen and oxygen atoms in total. The van der Waals surface area contributed by atoms with Crippen molar-refractivity contribution in [3.05, 3.63) is 168 Å². The summed E-state index contributed by atoms with van der Waals surface area (Å²) in [6, 6.07) is 23.2. The Morgan fingerprint density at radius 2 is 1.44 bits per heavy atom. The van der Waals surface area contributed by atoms with Crippen LogP contribution in [0.1, 0.15) is 42.5 Å². The molecule has 0 radical (unpaired) electrons. The fraction of sp³-hybridized carbons (Fsp3) is 0.190. The van der Waals surface area contributed by atoms with Crippen LogP contribution >= 0.6 is 0 Å². The van der Waals surface area contributed by atoms with Crippen molar-refractivity contribution >= 4 is 28.2 Å². The molecule has 4 aromatic rings. The van der Waals surface area contributed by atoms with Crippen molar-refractivity contribution in [3.8, 4) is 5.75 Å². The van der Waals surface area contributed by atoms with Crippen LogP contribution in [0.4, 0.5) is 37.7 Å². The topological polar surface area (TPSA) is 12.5 Å². The highest BCUT2D eigenvalue weighted by molar-refractivity contribution is 5.97. The molecular weight excluding hydrogens is 648 g/mol. The maximum atomic E-state index is 14.3. The average Bonchev–Trinajstić information content (AvgIpc) is 3.05. The smallest absolute Gasteiger partial charge is 0.407 e. The van der Waals surface area contributed by atoms with Gasteiger partial charge in [-0.2, -0.15) is 26.3 Å². The summed E-state index contributed by atoms with van der Waals surface area (Å²) in [5.74, 6) is 0.286. The number of fused-ring (bicyclic) bond motifs is 1. The van der Waals surface area contributed by atoms with Crippen molar-refractivity contribution in [2.24, 2.45) is 0 Å². The number of alkyl halides is 6. The monoisotopic (exact) mass is 687 g/mol. The lowest BCUT2D eigenvalue weighted by atomic mass is 9.72. The van der Waals surface area contributed by atoms with Crippen LogP contribution in [0.2, 0.25) is 0 Å². The zero-order chi connectivity index (χ0) is 36.9. The van der Waals surface area contributed by atoms with Gasteiger partial charge in [-0.15, -0.1) is 6.58 Å². The summed E-state index contributed by atoms with van der Waals surface area (Å²) in [6.07, 6.45) is -2.14. The van der Waals surface area contributed by atoms with Gasteiger partial charge in [0.05, 0.1) is 5.69 Å². The second-order valence-electron chi connectivity index (χ2n) is 12.1. The van der Waals surface area contributed by atoms with E-state index in [0.717, 1.165) is 58.0 Å². The number of anilines is 2. The average molecular weight is 688 g/mol. The number of hydrogen-bond acceptors (Lipinski definition) is 2. The van der Waals surface area contributed by atoms with Crippen LogP contribution in [0.15, 0.2) is 146 Å². The molecule has 4 aromatic carbocycles. The molecule has 0 saturated heterocycles. The van der Waals surface area contributed by atoms with E-state index in [1.807, 2.05) is 92.7 Å². The van der Waals surface area contributed by atoms with Gasteiger partial charge in [-0.1, -0.05) is 91.6 Å². The fourth-order valence-corrected chi connectivity index (χ4v) is 6.10. The van der Waals surface area contributed by atoms with E-state index >= 15 is 0 Å². The van der Waals surface area contributed by atoms with Crippen molar-refractivity contribution in [1.29, 1.82) is 0 Å². The third-order valence-electron chi connectivity index (χ3n) is 8.48. The van der Waals surface area contributed by atoms with E-state index in [1.54, 1.807) is 12.2 Å². The molecule has 0 saturated carbocycles. The standard InChI is InChI=1S/C42H39F6NO/c1-8-10-15-32-17-13-20-38(31(32)7)49(39-21-14-18-33-16-11-12-19-36(33)39)30(6)22-23-34(9-2)50-35-24-25-37(29(5)26-35)40(27-28(3)4,41(43,44)45)42(46,47)48/h8-26H,1-3,27H2,4-7H3/b15-10-,30-22+,34-23+. The van der Waals surface area contributed by atoms with Gasteiger partial charge in [0.15, 0.2) is 5.41 Å². The predicted molar refractivity (Wildman–Crippen MR) is 194 cm³/mol. The zero-order valence-corrected chi connectivity index (χ0v) is 28.4. The number of benzene rings is 4. The molecule has 8 heteroatoms. The summed E-state index contributed by atoms with van der Waals surface area (Å²) in [6.45, 7) is 17.3.